The van der Waals surface area contributed by atoms with E-state index in [9.17, 15) is 4.39 Å². The predicted octanol–water partition coefficient (Wildman–Crippen LogP) is 3.45. The fourth-order valence-electron chi connectivity index (χ4n) is 1.58. The maximum absolute atomic E-state index is 13.2. The van der Waals surface area contributed by atoms with Crippen LogP contribution in [-0.2, 0) is 0 Å². The van der Waals surface area contributed by atoms with Crippen molar-refractivity contribution in [3.8, 4) is 0 Å². The minimum atomic E-state index is -0.338. The first-order valence-corrected chi connectivity index (χ1v) is 6.39. The third-order valence-corrected chi connectivity index (χ3v) is 4.29. The molecule has 2 unspecified atom stereocenters. The quantitative estimate of drug-likeness (QED) is 0.813. The van der Waals surface area contributed by atoms with Crippen LogP contribution in [0.25, 0.3) is 0 Å². The number of thioether (sulfide) groups is 1. The van der Waals surface area contributed by atoms with Crippen LogP contribution in [-0.4, -0.2) is 12.3 Å². The first kappa shape index (κ1) is 11.2. The molecule has 0 bridgehead atoms. The summed E-state index contributed by atoms with van der Waals surface area (Å²) >= 11 is 7.46. The van der Waals surface area contributed by atoms with Crippen LogP contribution >= 0.6 is 23.4 Å². The maximum atomic E-state index is 13.2. The zero-order chi connectivity index (χ0) is 10.8. The Bertz CT molecular complexity index is 350. The molecule has 2 rings (SSSR count). The Balaban J connectivity index is 2.12. The molecule has 0 spiro atoms. The molecule has 1 N–H and O–H groups in total. The summed E-state index contributed by atoms with van der Waals surface area (Å²) in [6, 6.07) is 5.02. The second-order valence-electron chi connectivity index (χ2n) is 3.90. The molecule has 1 heterocycles. The molecule has 15 heavy (non-hydrogen) atoms. The Morgan fingerprint density at radius 2 is 2.33 bits per heavy atom. The van der Waals surface area contributed by atoms with Gasteiger partial charge in [0.2, 0.25) is 0 Å². The molecule has 0 aromatic heterocycles. The third-order valence-electron chi connectivity index (χ3n) is 2.45. The second-order valence-corrected chi connectivity index (χ2v) is 5.45. The Hall–Kier alpha value is -0.250. The Morgan fingerprint density at radius 3 is 2.93 bits per heavy atom. The van der Waals surface area contributed by atoms with Gasteiger partial charge in [0.25, 0.3) is 0 Å². The summed E-state index contributed by atoms with van der Waals surface area (Å²) in [4.78, 5) is 0. The molecule has 2 atom stereocenters. The summed E-state index contributed by atoms with van der Waals surface area (Å²) in [5.41, 5.74) is 0.966. The predicted molar refractivity (Wildman–Crippen MR) is 63.8 cm³/mol. The third kappa shape index (κ3) is 2.65. The molecule has 0 amide bonds. The fourth-order valence-corrected chi connectivity index (χ4v) is 2.89. The summed E-state index contributed by atoms with van der Waals surface area (Å²) in [7, 11) is 0. The van der Waals surface area contributed by atoms with Crippen molar-refractivity contribution in [2.24, 2.45) is 5.92 Å². The van der Waals surface area contributed by atoms with Gasteiger partial charge in [-0.05, 0) is 35.9 Å². The summed E-state index contributed by atoms with van der Waals surface area (Å²) in [5, 5.41) is 3.77. The van der Waals surface area contributed by atoms with Crippen LogP contribution in [0.15, 0.2) is 18.2 Å². The Kier molecular flexibility index (Phi) is 3.54. The first-order valence-electron chi connectivity index (χ1n) is 4.97. The maximum Gasteiger partial charge on any atom is 0.142 e. The van der Waals surface area contributed by atoms with Crippen LogP contribution < -0.4 is 5.32 Å². The fraction of sp³-hybridized carbons (Fsp3) is 0.455. The monoisotopic (exact) mass is 245 g/mol. The van der Waals surface area contributed by atoms with Gasteiger partial charge < -0.3 is 5.32 Å². The minimum Gasteiger partial charge on any atom is -0.301 e. The molecular weight excluding hydrogens is 233 g/mol. The Morgan fingerprint density at radius 1 is 1.53 bits per heavy atom. The van der Waals surface area contributed by atoms with Crippen LogP contribution in [0.4, 0.5) is 4.39 Å². The SMILES string of the molecule is CC1CNC(c2ccc(Cl)c(F)c2)SC1. The van der Waals surface area contributed by atoms with Gasteiger partial charge >= 0.3 is 0 Å². The van der Waals surface area contributed by atoms with Gasteiger partial charge in [-0.25, -0.2) is 4.39 Å². The summed E-state index contributed by atoms with van der Waals surface area (Å²) in [6.07, 6.45) is 0. The number of benzene rings is 1. The molecule has 1 nitrogen and oxygen atoms in total. The van der Waals surface area contributed by atoms with Gasteiger partial charge in [0.05, 0.1) is 10.4 Å². The molecule has 1 fully saturated rings. The summed E-state index contributed by atoms with van der Waals surface area (Å²) in [5.74, 6) is 1.46. The van der Waals surface area contributed by atoms with E-state index in [1.54, 1.807) is 6.07 Å². The van der Waals surface area contributed by atoms with Crippen molar-refractivity contribution in [2.75, 3.05) is 12.3 Å². The second kappa shape index (κ2) is 4.73. The van der Waals surface area contributed by atoms with Crippen molar-refractivity contribution in [3.05, 3.63) is 34.6 Å². The van der Waals surface area contributed by atoms with Gasteiger partial charge in [0.15, 0.2) is 0 Å². The van der Waals surface area contributed by atoms with Crippen LogP contribution in [0.3, 0.4) is 0 Å². The van der Waals surface area contributed by atoms with Crippen molar-refractivity contribution >= 4 is 23.4 Å². The molecular formula is C11H13ClFNS. The smallest absolute Gasteiger partial charge is 0.142 e. The topological polar surface area (TPSA) is 12.0 Å². The molecule has 1 aromatic rings. The molecule has 82 valence electrons. The average Bonchev–Trinajstić information content (AvgIpc) is 2.23. The van der Waals surface area contributed by atoms with Crippen molar-refractivity contribution in [2.45, 2.75) is 12.3 Å². The van der Waals surface area contributed by atoms with Crippen molar-refractivity contribution < 1.29 is 4.39 Å². The number of hydrogen-bond acceptors (Lipinski definition) is 2. The standard InChI is InChI=1S/C11H13ClFNS/c1-7-5-14-11(15-6-7)8-2-3-9(12)10(13)4-8/h2-4,7,11,14H,5-6H2,1H3. The highest BCUT2D eigenvalue weighted by molar-refractivity contribution is 7.99. The highest BCUT2D eigenvalue weighted by Crippen LogP contribution is 2.32. The van der Waals surface area contributed by atoms with Gasteiger partial charge in [-0.2, -0.15) is 0 Å². The molecule has 1 aliphatic heterocycles. The van der Waals surface area contributed by atoms with E-state index in [0.717, 1.165) is 17.9 Å². The molecule has 0 radical (unpaired) electrons. The number of hydrogen-bond donors (Lipinski definition) is 1. The highest BCUT2D eigenvalue weighted by atomic mass is 35.5. The highest BCUT2D eigenvalue weighted by Gasteiger charge is 2.19. The largest absolute Gasteiger partial charge is 0.301 e. The van der Waals surface area contributed by atoms with Crippen LogP contribution in [0.5, 0.6) is 0 Å². The lowest BCUT2D eigenvalue weighted by atomic mass is 10.2. The van der Waals surface area contributed by atoms with Crippen molar-refractivity contribution in [3.63, 3.8) is 0 Å². The average molecular weight is 246 g/mol. The molecule has 1 saturated heterocycles. The lowest BCUT2D eigenvalue weighted by Crippen LogP contribution is -2.31. The van der Waals surface area contributed by atoms with E-state index >= 15 is 0 Å². The molecule has 0 saturated carbocycles. The van der Waals surface area contributed by atoms with Gasteiger partial charge in [0.1, 0.15) is 5.82 Å². The molecule has 1 aromatic carbocycles. The number of halogens is 2. The van der Waals surface area contributed by atoms with Gasteiger partial charge in [-0.15, -0.1) is 11.8 Å². The van der Waals surface area contributed by atoms with Gasteiger partial charge in [0, 0.05) is 0 Å². The van der Waals surface area contributed by atoms with E-state index in [-0.39, 0.29) is 16.2 Å². The van der Waals surface area contributed by atoms with Crippen molar-refractivity contribution in [1.29, 1.82) is 0 Å². The molecule has 0 aliphatic carbocycles. The van der Waals surface area contributed by atoms with E-state index in [4.69, 9.17) is 11.6 Å². The zero-order valence-electron chi connectivity index (χ0n) is 8.47. The van der Waals surface area contributed by atoms with Crippen LogP contribution in [0.2, 0.25) is 5.02 Å². The van der Waals surface area contributed by atoms with Crippen LogP contribution in [0, 0.1) is 11.7 Å². The molecule has 4 heteroatoms. The van der Waals surface area contributed by atoms with E-state index < -0.39 is 0 Å². The van der Waals surface area contributed by atoms with E-state index in [1.807, 2.05) is 17.8 Å². The number of nitrogens with one attached hydrogen (secondary N) is 1. The first-order chi connectivity index (χ1) is 7.16. The van der Waals surface area contributed by atoms with Crippen molar-refractivity contribution in [1.82, 2.24) is 5.32 Å². The molecule has 1 aliphatic rings. The minimum absolute atomic E-state index is 0.188. The summed E-state index contributed by atoms with van der Waals surface area (Å²) in [6.45, 7) is 3.20. The van der Waals surface area contributed by atoms with E-state index in [0.29, 0.717) is 5.92 Å². The Labute approximate surface area is 98.4 Å². The van der Waals surface area contributed by atoms with E-state index in [2.05, 4.69) is 12.2 Å². The zero-order valence-corrected chi connectivity index (χ0v) is 10.0. The van der Waals surface area contributed by atoms with Gasteiger partial charge in [-0.3, -0.25) is 0 Å². The lowest BCUT2D eigenvalue weighted by Gasteiger charge is -2.27. The van der Waals surface area contributed by atoms with E-state index in [1.165, 1.54) is 6.07 Å². The van der Waals surface area contributed by atoms with Gasteiger partial charge in [-0.1, -0.05) is 24.6 Å². The lowest BCUT2D eigenvalue weighted by molar-refractivity contribution is 0.527. The summed E-state index contributed by atoms with van der Waals surface area (Å²) < 4.78 is 13.2. The normalized spacial score (nSPS) is 26.6. The number of rotatable bonds is 1. The van der Waals surface area contributed by atoms with Crippen LogP contribution in [0.1, 0.15) is 17.9 Å².